The average Bonchev–Trinajstić information content (AvgIpc) is 3.31. The van der Waals surface area contributed by atoms with Crippen molar-refractivity contribution in [2.75, 3.05) is 26.2 Å². The quantitative estimate of drug-likeness (QED) is 0.467. The summed E-state index contributed by atoms with van der Waals surface area (Å²) in [7, 11) is 0. The van der Waals surface area contributed by atoms with Gasteiger partial charge in [-0.15, -0.1) is 0 Å². The van der Waals surface area contributed by atoms with Gasteiger partial charge in [0, 0.05) is 45.1 Å². The van der Waals surface area contributed by atoms with E-state index in [1.165, 1.54) is 16.7 Å². The molecular weight excluding hydrogens is 388 g/mol. The highest BCUT2D eigenvalue weighted by Gasteiger charge is 2.18. The van der Waals surface area contributed by atoms with Crippen LogP contribution in [0.5, 0.6) is 5.75 Å². The number of nitrogens with zero attached hydrogens (tertiary/aromatic N) is 3. The lowest BCUT2D eigenvalue weighted by Crippen LogP contribution is -2.38. The zero-order chi connectivity index (χ0) is 21.3. The topological polar surface area (TPSA) is 62.6 Å². The Morgan fingerprint density at radius 3 is 2.90 bits per heavy atom. The van der Waals surface area contributed by atoms with E-state index in [1.807, 2.05) is 30.7 Å². The van der Waals surface area contributed by atoms with Gasteiger partial charge in [-0.2, -0.15) is 0 Å². The van der Waals surface area contributed by atoms with Crippen LogP contribution in [0.1, 0.15) is 23.1 Å². The molecule has 3 aromatic rings. The van der Waals surface area contributed by atoms with Crippen LogP contribution in [0.25, 0.3) is 0 Å². The highest BCUT2D eigenvalue weighted by atomic mass is 16.5. The fourth-order valence-electron chi connectivity index (χ4n) is 4.04. The van der Waals surface area contributed by atoms with E-state index in [4.69, 9.17) is 4.74 Å². The zero-order valence-electron chi connectivity index (χ0n) is 18.0. The molecule has 6 nitrogen and oxygen atoms in total. The van der Waals surface area contributed by atoms with Gasteiger partial charge in [-0.25, -0.2) is 4.98 Å². The van der Waals surface area contributed by atoms with Crippen LogP contribution in [0.2, 0.25) is 0 Å². The Hall–Kier alpha value is -2.67. The summed E-state index contributed by atoms with van der Waals surface area (Å²) in [6.07, 6.45) is 7.23. The molecule has 0 bridgehead atoms. The molecule has 2 N–H and O–H groups in total. The number of imidazole rings is 1. The summed E-state index contributed by atoms with van der Waals surface area (Å²) in [5, 5.41) is 13.9. The molecule has 0 aliphatic carbocycles. The first-order chi connectivity index (χ1) is 15.3. The van der Waals surface area contributed by atoms with Gasteiger partial charge in [0.05, 0.1) is 6.33 Å². The van der Waals surface area contributed by atoms with Gasteiger partial charge in [0.15, 0.2) is 0 Å². The number of rotatable bonds is 11. The van der Waals surface area contributed by atoms with Gasteiger partial charge in [0.1, 0.15) is 18.5 Å². The summed E-state index contributed by atoms with van der Waals surface area (Å²) in [6, 6.07) is 16.7. The second-order valence-corrected chi connectivity index (χ2v) is 8.20. The van der Waals surface area contributed by atoms with Crippen LogP contribution in [-0.2, 0) is 26.1 Å². The number of aryl methyl sites for hydroxylation is 1. The Bertz CT molecular complexity index is 929. The number of β-amino-alcohol motifs (C(OH)–C–C–N with tert-alkyl or cyclic N) is 1. The van der Waals surface area contributed by atoms with E-state index in [-0.39, 0.29) is 0 Å². The molecule has 0 amide bonds. The van der Waals surface area contributed by atoms with Crippen molar-refractivity contribution in [2.24, 2.45) is 0 Å². The van der Waals surface area contributed by atoms with Gasteiger partial charge in [0.2, 0.25) is 0 Å². The first-order valence-electron chi connectivity index (χ1n) is 11.1. The first-order valence-corrected chi connectivity index (χ1v) is 11.1. The molecule has 1 unspecified atom stereocenters. The van der Waals surface area contributed by atoms with Gasteiger partial charge in [0.25, 0.3) is 0 Å². The number of aliphatic hydroxyl groups excluding tert-OH is 1. The number of fused-ring (bicyclic) bond motifs is 1. The Balaban J connectivity index is 1.16. The van der Waals surface area contributed by atoms with E-state index in [0.29, 0.717) is 13.2 Å². The number of ether oxygens (including phenoxy) is 1. The molecule has 6 heteroatoms. The highest BCUT2D eigenvalue weighted by molar-refractivity contribution is 5.29. The predicted molar refractivity (Wildman–Crippen MR) is 122 cm³/mol. The Morgan fingerprint density at radius 1 is 1.13 bits per heavy atom. The van der Waals surface area contributed by atoms with Gasteiger partial charge in [-0.05, 0) is 48.2 Å². The number of hydrogen-bond donors (Lipinski definition) is 2. The molecule has 0 fully saturated rings. The fraction of sp³-hybridized carbons (Fsp3) is 0.400. The van der Waals surface area contributed by atoms with E-state index in [2.05, 4.69) is 50.1 Å². The number of hydrogen-bond acceptors (Lipinski definition) is 5. The Kier molecular flexibility index (Phi) is 7.71. The van der Waals surface area contributed by atoms with Crippen LogP contribution < -0.4 is 10.1 Å². The Labute approximate surface area is 184 Å². The molecule has 1 atom stereocenters. The number of aliphatic hydroxyl groups is 1. The van der Waals surface area contributed by atoms with Crippen LogP contribution in [0.15, 0.2) is 67.3 Å². The number of nitrogens with one attached hydrogen (secondary N) is 1. The number of aromatic nitrogens is 2. The second-order valence-electron chi connectivity index (χ2n) is 8.20. The van der Waals surface area contributed by atoms with E-state index in [9.17, 15) is 5.11 Å². The van der Waals surface area contributed by atoms with Crippen LogP contribution in [0.4, 0.5) is 0 Å². The summed E-state index contributed by atoms with van der Waals surface area (Å²) < 4.78 is 7.97. The normalized spacial score (nSPS) is 14.9. The fourth-order valence-corrected chi connectivity index (χ4v) is 4.04. The van der Waals surface area contributed by atoms with Crippen molar-refractivity contribution in [3.05, 3.63) is 83.9 Å². The SMILES string of the molecule is OC(COc1cccc(CNCCCn2ccnc2)c1)CN1CCc2ccccc2C1. The largest absolute Gasteiger partial charge is 0.491 e. The minimum Gasteiger partial charge on any atom is -0.491 e. The maximum absolute atomic E-state index is 10.5. The molecule has 1 aliphatic heterocycles. The summed E-state index contributed by atoms with van der Waals surface area (Å²) >= 11 is 0. The van der Waals surface area contributed by atoms with Crippen molar-refractivity contribution in [1.82, 2.24) is 19.8 Å². The molecule has 2 heterocycles. The van der Waals surface area contributed by atoms with Crippen LogP contribution >= 0.6 is 0 Å². The molecule has 0 spiro atoms. The molecule has 1 aromatic heterocycles. The molecule has 0 saturated heterocycles. The third-order valence-corrected chi connectivity index (χ3v) is 5.68. The zero-order valence-corrected chi connectivity index (χ0v) is 18.0. The van der Waals surface area contributed by atoms with E-state index < -0.39 is 6.10 Å². The van der Waals surface area contributed by atoms with Crippen molar-refractivity contribution in [3.63, 3.8) is 0 Å². The third-order valence-electron chi connectivity index (χ3n) is 5.68. The molecular formula is C25H32N4O2. The molecule has 164 valence electrons. The lowest BCUT2D eigenvalue weighted by Gasteiger charge is -2.30. The summed E-state index contributed by atoms with van der Waals surface area (Å²) in [4.78, 5) is 6.36. The van der Waals surface area contributed by atoms with Gasteiger partial charge in [-0.3, -0.25) is 4.90 Å². The van der Waals surface area contributed by atoms with Gasteiger partial charge < -0.3 is 19.7 Å². The van der Waals surface area contributed by atoms with E-state index in [0.717, 1.165) is 51.3 Å². The summed E-state index contributed by atoms with van der Waals surface area (Å²) in [5.74, 6) is 0.806. The van der Waals surface area contributed by atoms with Crippen molar-refractivity contribution < 1.29 is 9.84 Å². The smallest absolute Gasteiger partial charge is 0.119 e. The Morgan fingerprint density at radius 2 is 2.03 bits per heavy atom. The minimum absolute atomic E-state index is 0.305. The second kappa shape index (κ2) is 11.1. The molecule has 31 heavy (non-hydrogen) atoms. The average molecular weight is 421 g/mol. The minimum atomic E-state index is -0.504. The van der Waals surface area contributed by atoms with Crippen molar-refractivity contribution in [2.45, 2.75) is 38.6 Å². The predicted octanol–water partition coefficient (Wildman–Crippen LogP) is 2.86. The molecule has 2 aromatic carbocycles. The number of benzene rings is 2. The third kappa shape index (κ3) is 6.66. The van der Waals surface area contributed by atoms with Gasteiger partial charge in [-0.1, -0.05) is 36.4 Å². The monoisotopic (exact) mass is 420 g/mol. The van der Waals surface area contributed by atoms with Crippen molar-refractivity contribution >= 4 is 0 Å². The standard InChI is InChI=1S/C25H32N4O2/c30-24(18-29-13-9-22-6-1-2-7-23(22)17-29)19-31-25-8-3-5-21(15-25)16-26-10-4-12-28-14-11-27-20-28/h1-3,5-8,11,14-15,20,24,26,30H,4,9-10,12-13,16-19H2. The molecule has 1 aliphatic rings. The van der Waals surface area contributed by atoms with E-state index in [1.54, 1.807) is 6.20 Å². The maximum Gasteiger partial charge on any atom is 0.119 e. The lowest BCUT2D eigenvalue weighted by atomic mass is 10.00. The van der Waals surface area contributed by atoms with Crippen LogP contribution in [0, 0.1) is 0 Å². The van der Waals surface area contributed by atoms with E-state index >= 15 is 0 Å². The molecule has 0 radical (unpaired) electrons. The van der Waals surface area contributed by atoms with Crippen molar-refractivity contribution in [3.8, 4) is 5.75 Å². The molecule has 4 rings (SSSR count). The van der Waals surface area contributed by atoms with Crippen molar-refractivity contribution in [1.29, 1.82) is 0 Å². The molecule has 0 saturated carbocycles. The summed E-state index contributed by atoms with van der Waals surface area (Å²) in [6.45, 7) is 5.53. The van der Waals surface area contributed by atoms with Gasteiger partial charge >= 0.3 is 0 Å². The highest BCUT2D eigenvalue weighted by Crippen LogP contribution is 2.19. The van der Waals surface area contributed by atoms with Crippen LogP contribution in [-0.4, -0.2) is 51.9 Å². The lowest BCUT2D eigenvalue weighted by molar-refractivity contribution is 0.0637. The first kappa shape index (κ1) is 21.6. The van der Waals surface area contributed by atoms with Crippen LogP contribution in [0.3, 0.4) is 0 Å². The maximum atomic E-state index is 10.5. The summed E-state index contributed by atoms with van der Waals surface area (Å²) in [5.41, 5.74) is 3.98.